The van der Waals surface area contributed by atoms with Crippen molar-refractivity contribution < 1.29 is 0 Å². The highest BCUT2D eigenvalue weighted by Crippen LogP contribution is 2.31. The van der Waals surface area contributed by atoms with Crippen molar-refractivity contribution in [3.05, 3.63) is 23.4 Å². The minimum absolute atomic E-state index is 0.555. The molecule has 1 aliphatic rings. The Morgan fingerprint density at radius 1 is 1.32 bits per heavy atom. The first-order chi connectivity index (χ1) is 9.05. The molecule has 3 heteroatoms. The lowest BCUT2D eigenvalue weighted by atomic mass is 9.86. The van der Waals surface area contributed by atoms with Gasteiger partial charge in [-0.2, -0.15) is 0 Å². The Kier molecular flexibility index (Phi) is 4.72. The van der Waals surface area contributed by atoms with Crippen molar-refractivity contribution in [3.63, 3.8) is 0 Å². The second kappa shape index (κ2) is 6.13. The Labute approximate surface area is 122 Å². The van der Waals surface area contributed by atoms with Crippen LogP contribution in [0, 0.1) is 11.8 Å². The molecule has 0 spiro atoms. The molecule has 0 amide bonds. The summed E-state index contributed by atoms with van der Waals surface area (Å²) in [5.74, 6) is 3.13. The van der Waals surface area contributed by atoms with E-state index in [2.05, 4.69) is 44.7 Å². The molecule has 1 aromatic heterocycles. The fraction of sp³-hybridized carbons (Fsp3) is 0.688. The van der Waals surface area contributed by atoms with Crippen LogP contribution in [0.25, 0.3) is 0 Å². The molecule has 1 saturated heterocycles. The average molecular weight is 281 g/mol. The van der Waals surface area contributed by atoms with E-state index in [-0.39, 0.29) is 0 Å². The lowest BCUT2D eigenvalue weighted by Crippen LogP contribution is -2.46. The topological polar surface area (TPSA) is 16.1 Å². The summed E-state index contributed by atoms with van der Waals surface area (Å²) in [4.78, 5) is 7.28. The average Bonchev–Trinajstić information content (AvgIpc) is 2.42. The molecule has 0 aromatic carbocycles. The Hall–Kier alpha value is -0.760. The van der Waals surface area contributed by atoms with Gasteiger partial charge in [0.15, 0.2) is 0 Å². The third-order valence-corrected chi connectivity index (χ3v) is 4.64. The van der Waals surface area contributed by atoms with Crippen LogP contribution in [0.1, 0.15) is 45.4 Å². The first kappa shape index (κ1) is 14.6. The van der Waals surface area contributed by atoms with Gasteiger partial charge in [0.2, 0.25) is 0 Å². The van der Waals surface area contributed by atoms with E-state index in [0.29, 0.717) is 11.9 Å². The molecule has 0 bridgehead atoms. The summed E-state index contributed by atoms with van der Waals surface area (Å²) in [6.45, 7) is 10.3. The quantitative estimate of drug-likeness (QED) is 0.770. The molecule has 0 radical (unpaired) electrons. The van der Waals surface area contributed by atoms with Crippen LogP contribution in [0.15, 0.2) is 12.1 Å². The Bertz CT molecular complexity index is 411. The number of aryl methyl sites for hydroxylation is 1. The summed E-state index contributed by atoms with van der Waals surface area (Å²) < 4.78 is 0. The van der Waals surface area contributed by atoms with E-state index in [4.69, 9.17) is 16.6 Å². The first-order valence-corrected chi connectivity index (χ1v) is 7.91. The van der Waals surface area contributed by atoms with Crippen molar-refractivity contribution in [2.24, 2.45) is 11.8 Å². The molecular formula is C16H25ClN2. The van der Waals surface area contributed by atoms with Gasteiger partial charge >= 0.3 is 0 Å². The largest absolute Gasteiger partial charge is 0.353 e. The van der Waals surface area contributed by atoms with E-state index in [0.717, 1.165) is 36.3 Å². The predicted molar refractivity (Wildman–Crippen MR) is 82.9 cm³/mol. The molecule has 2 nitrogen and oxygen atoms in total. The highest BCUT2D eigenvalue weighted by Gasteiger charge is 2.29. The van der Waals surface area contributed by atoms with Gasteiger partial charge < -0.3 is 4.90 Å². The standard InChI is InChI=1S/C16H25ClN2/c1-5-15-7-14(9-17)8-16(18-15)19-10-11(2)6-12(3)13(19)4/h7-8,11-13H,5-6,9-10H2,1-4H3. The summed E-state index contributed by atoms with van der Waals surface area (Å²) in [7, 11) is 0. The fourth-order valence-corrected chi connectivity index (χ4v) is 3.21. The SMILES string of the molecule is CCc1cc(CCl)cc(N2CC(C)CC(C)C2C)n1. The maximum absolute atomic E-state index is 6.01. The number of pyridine rings is 1. The Balaban J connectivity index is 2.33. The molecule has 106 valence electrons. The summed E-state index contributed by atoms with van der Waals surface area (Å²) in [5, 5.41) is 0. The van der Waals surface area contributed by atoms with Gasteiger partial charge in [-0.25, -0.2) is 4.98 Å². The van der Waals surface area contributed by atoms with Crippen molar-refractivity contribution in [3.8, 4) is 0 Å². The van der Waals surface area contributed by atoms with Gasteiger partial charge in [-0.15, -0.1) is 11.6 Å². The van der Waals surface area contributed by atoms with Crippen LogP contribution in [-0.2, 0) is 12.3 Å². The number of aromatic nitrogens is 1. The third-order valence-electron chi connectivity index (χ3n) is 4.33. The van der Waals surface area contributed by atoms with Gasteiger partial charge in [0.25, 0.3) is 0 Å². The number of rotatable bonds is 3. The second-order valence-electron chi connectivity index (χ2n) is 6.02. The van der Waals surface area contributed by atoms with Crippen LogP contribution >= 0.6 is 11.6 Å². The number of anilines is 1. The van der Waals surface area contributed by atoms with Gasteiger partial charge in [0, 0.05) is 24.2 Å². The summed E-state index contributed by atoms with van der Waals surface area (Å²) >= 11 is 6.01. The third kappa shape index (κ3) is 3.22. The minimum atomic E-state index is 0.555. The van der Waals surface area contributed by atoms with Crippen LogP contribution in [0.2, 0.25) is 0 Å². The maximum atomic E-state index is 6.01. The maximum Gasteiger partial charge on any atom is 0.129 e. The highest BCUT2D eigenvalue weighted by atomic mass is 35.5. The molecule has 1 aliphatic heterocycles. The number of piperidine rings is 1. The van der Waals surface area contributed by atoms with Crippen molar-refractivity contribution >= 4 is 17.4 Å². The van der Waals surface area contributed by atoms with E-state index in [1.165, 1.54) is 12.0 Å². The summed E-state index contributed by atoms with van der Waals surface area (Å²) in [5.41, 5.74) is 2.33. The van der Waals surface area contributed by atoms with Crippen molar-refractivity contribution in [1.82, 2.24) is 4.98 Å². The number of alkyl halides is 1. The van der Waals surface area contributed by atoms with Crippen LogP contribution in [-0.4, -0.2) is 17.6 Å². The molecule has 2 rings (SSSR count). The second-order valence-corrected chi connectivity index (χ2v) is 6.29. The molecule has 0 saturated carbocycles. The van der Waals surface area contributed by atoms with E-state index in [1.807, 2.05) is 0 Å². The highest BCUT2D eigenvalue weighted by molar-refractivity contribution is 6.17. The van der Waals surface area contributed by atoms with Gasteiger partial charge in [-0.05, 0) is 49.3 Å². The normalized spacial score (nSPS) is 27.6. The van der Waals surface area contributed by atoms with Crippen LogP contribution in [0.3, 0.4) is 0 Å². The summed E-state index contributed by atoms with van der Waals surface area (Å²) in [6, 6.07) is 4.84. The first-order valence-electron chi connectivity index (χ1n) is 7.37. The molecule has 19 heavy (non-hydrogen) atoms. The molecule has 1 aromatic rings. The van der Waals surface area contributed by atoms with Crippen molar-refractivity contribution in [1.29, 1.82) is 0 Å². The van der Waals surface area contributed by atoms with E-state index in [1.54, 1.807) is 0 Å². The zero-order valence-corrected chi connectivity index (χ0v) is 13.2. The van der Waals surface area contributed by atoms with Crippen LogP contribution < -0.4 is 4.90 Å². The van der Waals surface area contributed by atoms with Gasteiger partial charge in [-0.1, -0.05) is 20.8 Å². The van der Waals surface area contributed by atoms with E-state index in [9.17, 15) is 0 Å². The molecule has 3 atom stereocenters. The zero-order chi connectivity index (χ0) is 14.0. The smallest absolute Gasteiger partial charge is 0.129 e. The lowest BCUT2D eigenvalue weighted by molar-refractivity contribution is 0.295. The number of nitrogens with zero attached hydrogens (tertiary/aromatic N) is 2. The Morgan fingerprint density at radius 2 is 2.05 bits per heavy atom. The fourth-order valence-electron chi connectivity index (χ4n) is 3.06. The zero-order valence-electron chi connectivity index (χ0n) is 12.5. The van der Waals surface area contributed by atoms with E-state index < -0.39 is 0 Å². The molecule has 3 unspecified atom stereocenters. The lowest BCUT2D eigenvalue weighted by Gasteiger charge is -2.42. The minimum Gasteiger partial charge on any atom is -0.353 e. The number of hydrogen-bond acceptors (Lipinski definition) is 2. The molecule has 0 aliphatic carbocycles. The predicted octanol–water partition coefficient (Wildman–Crippen LogP) is 4.25. The van der Waals surface area contributed by atoms with Crippen molar-refractivity contribution in [2.75, 3.05) is 11.4 Å². The van der Waals surface area contributed by atoms with Gasteiger partial charge in [0.05, 0.1) is 0 Å². The van der Waals surface area contributed by atoms with E-state index >= 15 is 0 Å². The molecule has 2 heterocycles. The van der Waals surface area contributed by atoms with Crippen LogP contribution in [0.4, 0.5) is 5.82 Å². The molecular weight excluding hydrogens is 256 g/mol. The van der Waals surface area contributed by atoms with Crippen molar-refractivity contribution in [2.45, 2.75) is 52.5 Å². The number of halogens is 1. The van der Waals surface area contributed by atoms with Gasteiger partial charge in [0.1, 0.15) is 5.82 Å². The van der Waals surface area contributed by atoms with Gasteiger partial charge in [-0.3, -0.25) is 0 Å². The Morgan fingerprint density at radius 3 is 2.68 bits per heavy atom. The van der Waals surface area contributed by atoms with Crippen LogP contribution in [0.5, 0.6) is 0 Å². The molecule has 0 N–H and O–H groups in total. The molecule has 1 fully saturated rings. The number of hydrogen-bond donors (Lipinski definition) is 0. The summed E-state index contributed by atoms with van der Waals surface area (Å²) in [6.07, 6.45) is 2.28. The monoisotopic (exact) mass is 280 g/mol.